The highest BCUT2D eigenvalue weighted by Gasteiger charge is 2.21. The number of rotatable bonds is 5. The van der Waals surface area contributed by atoms with Crippen LogP contribution in [0, 0.1) is 0 Å². The first-order valence-electron chi connectivity index (χ1n) is 6.40. The van der Waals surface area contributed by atoms with E-state index in [1.54, 1.807) is 27.9 Å². The lowest BCUT2D eigenvalue weighted by Gasteiger charge is -2.26. The SMILES string of the molecule is COc1ccc(CN(CC=O)C(=O)OC(C)(C)C)cc1. The minimum absolute atomic E-state index is 0.000935. The van der Waals surface area contributed by atoms with Gasteiger partial charge < -0.3 is 14.3 Å². The molecule has 0 aliphatic heterocycles. The van der Waals surface area contributed by atoms with Gasteiger partial charge >= 0.3 is 6.09 Å². The van der Waals surface area contributed by atoms with E-state index in [9.17, 15) is 9.59 Å². The molecule has 0 aliphatic rings. The lowest BCUT2D eigenvalue weighted by molar-refractivity contribution is -0.109. The smallest absolute Gasteiger partial charge is 0.410 e. The van der Waals surface area contributed by atoms with E-state index in [0.717, 1.165) is 11.3 Å². The Kier molecular flexibility index (Phi) is 5.55. The third-order valence-corrected chi connectivity index (χ3v) is 2.48. The fraction of sp³-hybridized carbons (Fsp3) is 0.467. The van der Waals surface area contributed by atoms with Crippen molar-refractivity contribution in [2.75, 3.05) is 13.7 Å². The molecule has 1 aromatic rings. The Bertz CT molecular complexity index is 448. The summed E-state index contributed by atoms with van der Waals surface area (Å²) in [5.74, 6) is 0.743. The molecule has 0 unspecified atom stereocenters. The van der Waals surface area contributed by atoms with Crippen LogP contribution in [0.15, 0.2) is 24.3 Å². The van der Waals surface area contributed by atoms with E-state index in [1.165, 1.54) is 4.90 Å². The maximum Gasteiger partial charge on any atom is 0.410 e. The van der Waals surface area contributed by atoms with Crippen LogP contribution in [0.25, 0.3) is 0 Å². The van der Waals surface area contributed by atoms with Crippen LogP contribution < -0.4 is 4.74 Å². The summed E-state index contributed by atoms with van der Waals surface area (Å²) in [6, 6.07) is 7.31. The average molecular weight is 279 g/mol. The molecule has 0 spiro atoms. The minimum atomic E-state index is -0.585. The van der Waals surface area contributed by atoms with Gasteiger partial charge in [0.2, 0.25) is 0 Å². The lowest BCUT2D eigenvalue weighted by atomic mass is 10.2. The van der Waals surface area contributed by atoms with Gasteiger partial charge in [-0.25, -0.2) is 4.79 Å². The van der Waals surface area contributed by atoms with E-state index in [0.29, 0.717) is 12.8 Å². The Morgan fingerprint density at radius 2 is 1.85 bits per heavy atom. The molecular weight excluding hydrogens is 258 g/mol. The number of carbonyl (C=O) groups is 2. The van der Waals surface area contributed by atoms with E-state index < -0.39 is 11.7 Å². The van der Waals surface area contributed by atoms with Crippen LogP contribution in [0.2, 0.25) is 0 Å². The summed E-state index contributed by atoms with van der Waals surface area (Å²) in [7, 11) is 1.59. The zero-order valence-corrected chi connectivity index (χ0v) is 12.4. The second kappa shape index (κ2) is 6.93. The number of amides is 1. The van der Waals surface area contributed by atoms with E-state index in [4.69, 9.17) is 9.47 Å². The molecule has 110 valence electrons. The van der Waals surface area contributed by atoms with Gasteiger partial charge in [0.15, 0.2) is 0 Å². The highest BCUT2D eigenvalue weighted by atomic mass is 16.6. The first kappa shape index (κ1) is 16.0. The largest absolute Gasteiger partial charge is 0.497 e. The van der Waals surface area contributed by atoms with Gasteiger partial charge in [-0.1, -0.05) is 12.1 Å². The molecule has 0 N–H and O–H groups in total. The first-order chi connectivity index (χ1) is 9.35. The third-order valence-electron chi connectivity index (χ3n) is 2.48. The average Bonchev–Trinajstić information content (AvgIpc) is 2.37. The van der Waals surface area contributed by atoms with Crippen molar-refractivity contribution in [1.82, 2.24) is 4.90 Å². The zero-order valence-electron chi connectivity index (χ0n) is 12.4. The van der Waals surface area contributed by atoms with Crippen molar-refractivity contribution in [3.05, 3.63) is 29.8 Å². The van der Waals surface area contributed by atoms with Crippen molar-refractivity contribution in [1.29, 1.82) is 0 Å². The summed E-state index contributed by atoms with van der Waals surface area (Å²) in [5, 5.41) is 0. The standard InChI is InChI=1S/C15H21NO4/c1-15(2,3)20-14(18)16(9-10-17)11-12-5-7-13(19-4)8-6-12/h5-8,10H,9,11H2,1-4H3. The van der Waals surface area contributed by atoms with E-state index in [1.807, 2.05) is 24.3 Å². The molecule has 1 rings (SSSR count). The maximum absolute atomic E-state index is 12.0. The van der Waals surface area contributed by atoms with E-state index in [-0.39, 0.29) is 6.54 Å². The normalized spacial score (nSPS) is 10.8. The molecule has 0 saturated heterocycles. The van der Waals surface area contributed by atoms with Crippen LogP contribution >= 0.6 is 0 Å². The fourth-order valence-corrected chi connectivity index (χ4v) is 1.57. The van der Waals surface area contributed by atoms with Crippen molar-refractivity contribution in [3.63, 3.8) is 0 Å². The lowest BCUT2D eigenvalue weighted by Crippen LogP contribution is -2.37. The Balaban J connectivity index is 2.75. The van der Waals surface area contributed by atoms with E-state index >= 15 is 0 Å². The molecule has 5 nitrogen and oxygen atoms in total. The molecule has 0 atom stereocenters. The van der Waals surface area contributed by atoms with Crippen molar-refractivity contribution in [2.24, 2.45) is 0 Å². The summed E-state index contributed by atoms with van der Waals surface area (Å²) >= 11 is 0. The van der Waals surface area contributed by atoms with Crippen LogP contribution in [0.4, 0.5) is 4.79 Å². The molecule has 5 heteroatoms. The Morgan fingerprint density at radius 3 is 2.30 bits per heavy atom. The van der Waals surface area contributed by atoms with Gasteiger partial charge in [0, 0.05) is 6.54 Å². The summed E-state index contributed by atoms with van der Waals surface area (Å²) < 4.78 is 10.3. The van der Waals surface area contributed by atoms with Crippen LogP contribution in [0.1, 0.15) is 26.3 Å². The Labute approximate surface area is 119 Å². The molecule has 0 bridgehead atoms. The predicted octanol–water partition coefficient (Wildman–Crippen LogP) is 2.63. The van der Waals surface area contributed by atoms with Crippen LogP contribution in [0.3, 0.4) is 0 Å². The number of carbonyl (C=O) groups excluding carboxylic acids is 2. The molecule has 1 aromatic carbocycles. The summed E-state index contributed by atoms with van der Waals surface area (Å²) in [4.78, 5) is 24.1. The molecule has 0 fully saturated rings. The number of hydrogen-bond donors (Lipinski definition) is 0. The molecule has 0 radical (unpaired) electrons. The minimum Gasteiger partial charge on any atom is -0.497 e. The van der Waals surface area contributed by atoms with Gasteiger partial charge in [0.05, 0.1) is 13.7 Å². The highest BCUT2D eigenvalue weighted by Crippen LogP contribution is 2.15. The highest BCUT2D eigenvalue weighted by molar-refractivity contribution is 5.71. The van der Waals surface area contributed by atoms with Gasteiger partial charge in [0.25, 0.3) is 0 Å². The monoisotopic (exact) mass is 279 g/mol. The number of benzene rings is 1. The van der Waals surface area contributed by atoms with Gasteiger partial charge in [-0.2, -0.15) is 0 Å². The van der Waals surface area contributed by atoms with Gasteiger partial charge in [0.1, 0.15) is 17.6 Å². The third kappa shape index (κ3) is 5.30. The maximum atomic E-state index is 12.0. The van der Waals surface area contributed by atoms with Crippen molar-refractivity contribution in [2.45, 2.75) is 32.9 Å². The van der Waals surface area contributed by atoms with Crippen LogP contribution in [0.5, 0.6) is 5.75 Å². The molecule has 0 aliphatic carbocycles. The van der Waals surface area contributed by atoms with Crippen molar-refractivity contribution < 1.29 is 19.1 Å². The zero-order chi connectivity index (χ0) is 15.2. The second-order valence-corrected chi connectivity index (χ2v) is 5.38. The predicted molar refractivity (Wildman–Crippen MR) is 75.7 cm³/mol. The quantitative estimate of drug-likeness (QED) is 0.777. The number of ether oxygens (including phenoxy) is 2. The first-order valence-corrected chi connectivity index (χ1v) is 6.40. The van der Waals surface area contributed by atoms with Gasteiger partial charge in [-0.3, -0.25) is 4.90 Å². The number of aldehydes is 1. The fourth-order valence-electron chi connectivity index (χ4n) is 1.57. The molecule has 0 aromatic heterocycles. The van der Waals surface area contributed by atoms with Gasteiger partial charge in [-0.15, -0.1) is 0 Å². The Hall–Kier alpha value is -2.04. The number of hydrogen-bond acceptors (Lipinski definition) is 4. The summed E-state index contributed by atoms with van der Waals surface area (Å²) in [5.41, 5.74) is 0.316. The molecule has 0 heterocycles. The summed E-state index contributed by atoms with van der Waals surface area (Å²) in [6.07, 6.45) is 0.188. The van der Waals surface area contributed by atoms with Crippen molar-refractivity contribution in [3.8, 4) is 5.75 Å². The van der Waals surface area contributed by atoms with Crippen LogP contribution in [-0.4, -0.2) is 36.5 Å². The van der Waals surface area contributed by atoms with Crippen LogP contribution in [-0.2, 0) is 16.1 Å². The molecule has 20 heavy (non-hydrogen) atoms. The topological polar surface area (TPSA) is 55.8 Å². The molecular formula is C15H21NO4. The number of methoxy groups -OCH3 is 1. The number of nitrogens with zero attached hydrogens (tertiary/aromatic N) is 1. The van der Waals surface area contributed by atoms with Gasteiger partial charge in [-0.05, 0) is 38.5 Å². The molecule has 0 saturated carbocycles. The summed E-state index contributed by atoms with van der Waals surface area (Å²) in [6.45, 7) is 5.69. The van der Waals surface area contributed by atoms with E-state index in [2.05, 4.69) is 0 Å². The van der Waals surface area contributed by atoms with Crippen molar-refractivity contribution >= 4 is 12.4 Å². The Morgan fingerprint density at radius 1 is 1.25 bits per heavy atom. The molecule has 1 amide bonds. The second-order valence-electron chi connectivity index (χ2n) is 5.38.